The van der Waals surface area contributed by atoms with E-state index in [-0.39, 0.29) is 7.43 Å². The van der Waals surface area contributed by atoms with Gasteiger partial charge in [0.25, 0.3) is 0 Å². The fraction of sp³-hybridized carbons (Fsp3) is 0.923. The lowest BCUT2D eigenvalue weighted by molar-refractivity contribution is -0.108. The van der Waals surface area contributed by atoms with E-state index in [9.17, 15) is 4.79 Å². The topological polar surface area (TPSA) is 17.1 Å². The summed E-state index contributed by atoms with van der Waals surface area (Å²) in [5, 5.41) is 0. The molecule has 0 N–H and O–H groups in total. The standard InChI is InChI=1S/C12H22O.CH4/c1-10(2)12-7-5-11(6-8-12)4-3-9-13;/h9-12H,3-8H2,1-2H3;1H4. The van der Waals surface area contributed by atoms with Gasteiger partial charge in [-0.15, -0.1) is 0 Å². The maximum atomic E-state index is 10.2. The Morgan fingerprint density at radius 3 is 2.21 bits per heavy atom. The minimum absolute atomic E-state index is 0. The molecule has 1 heteroatoms. The molecular weight excluding hydrogens is 172 g/mol. The molecule has 0 saturated heterocycles. The van der Waals surface area contributed by atoms with Crippen LogP contribution in [0.25, 0.3) is 0 Å². The molecule has 0 aromatic heterocycles. The van der Waals surface area contributed by atoms with Crippen molar-refractivity contribution in [1.29, 1.82) is 0 Å². The van der Waals surface area contributed by atoms with E-state index in [2.05, 4.69) is 13.8 Å². The summed E-state index contributed by atoms with van der Waals surface area (Å²) < 4.78 is 0. The molecule has 0 aromatic rings. The summed E-state index contributed by atoms with van der Waals surface area (Å²) in [5.41, 5.74) is 0. The monoisotopic (exact) mass is 198 g/mol. The second-order valence-electron chi connectivity index (χ2n) is 4.77. The van der Waals surface area contributed by atoms with Gasteiger partial charge in [-0.2, -0.15) is 0 Å². The molecule has 0 atom stereocenters. The molecule has 1 saturated carbocycles. The van der Waals surface area contributed by atoms with Gasteiger partial charge in [-0.05, 0) is 37.0 Å². The highest BCUT2D eigenvalue weighted by molar-refractivity contribution is 5.49. The van der Waals surface area contributed by atoms with E-state index in [0.29, 0.717) is 0 Å². The van der Waals surface area contributed by atoms with Crippen LogP contribution in [0.3, 0.4) is 0 Å². The summed E-state index contributed by atoms with van der Waals surface area (Å²) in [4.78, 5) is 10.2. The Morgan fingerprint density at radius 1 is 1.21 bits per heavy atom. The Bertz CT molecular complexity index is 143. The van der Waals surface area contributed by atoms with Crippen LogP contribution in [0.1, 0.15) is 59.8 Å². The van der Waals surface area contributed by atoms with Gasteiger partial charge in [-0.1, -0.05) is 34.1 Å². The molecule has 1 aliphatic rings. The number of carbonyl (C=O) groups excluding carboxylic acids is 1. The quantitative estimate of drug-likeness (QED) is 0.622. The van der Waals surface area contributed by atoms with Crippen LogP contribution in [-0.4, -0.2) is 6.29 Å². The van der Waals surface area contributed by atoms with Crippen molar-refractivity contribution in [2.75, 3.05) is 0 Å². The summed E-state index contributed by atoms with van der Waals surface area (Å²) >= 11 is 0. The summed E-state index contributed by atoms with van der Waals surface area (Å²) in [6.07, 6.45) is 8.47. The molecule has 0 bridgehead atoms. The van der Waals surface area contributed by atoms with Crippen molar-refractivity contribution in [3.63, 3.8) is 0 Å². The van der Waals surface area contributed by atoms with E-state index in [0.717, 1.165) is 36.9 Å². The lowest BCUT2D eigenvalue weighted by Crippen LogP contribution is -2.18. The molecule has 0 amide bonds. The molecule has 14 heavy (non-hydrogen) atoms. The molecule has 1 fully saturated rings. The number of aldehydes is 1. The Morgan fingerprint density at radius 2 is 1.79 bits per heavy atom. The highest BCUT2D eigenvalue weighted by Crippen LogP contribution is 2.34. The summed E-state index contributed by atoms with van der Waals surface area (Å²) in [6.45, 7) is 4.66. The van der Waals surface area contributed by atoms with E-state index in [1.54, 1.807) is 0 Å². The summed E-state index contributed by atoms with van der Waals surface area (Å²) in [5.74, 6) is 2.65. The molecule has 84 valence electrons. The van der Waals surface area contributed by atoms with E-state index >= 15 is 0 Å². The lowest BCUT2D eigenvalue weighted by Gasteiger charge is -2.30. The van der Waals surface area contributed by atoms with Gasteiger partial charge in [-0.3, -0.25) is 0 Å². The van der Waals surface area contributed by atoms with E-state index in [4.69, 9.17) is 0 Å². The van der Waals surface area contributed by atoms with Crippen molar-refractivity contribution in [2.45, 2.75) is 59.8 Å². The van der Waals surface area contributed by atoms with Gasteiger partial charge < -0.3 is 4.79 Å². The minimum atomic E-state index is 0. The molecule has 0 aliphatic heterocycles. The van der Waals surface area contributed by atoms with Crippen molar-refractivity contribution in [2.24, 2.45) is 17.8 Å². The third kappa shape index (κ3) is 4.26. The van der Waals surface area contributed by atoms with Crippen molar-refractivity contribution < 1.29 is 4.79 Å². The average molecular weight is 198 g/mol. The SMILES string of the molecule is C.CC(C)C1CCC(CCC=O)CC1. The largest absolute Gasteiger partial charge is 0.303 e. The molecule has 0 spiro atoms. The van der Waals surface area contributed by atoms with Crippen LogP contribution < -0.4 is 0 Å². The first-order chi connectivity index (χ1) is 6.24. The Kier molecular flexibility index (Phi) is 6.86. The van der Waals surface area contributed by atoms with Gasteiger partial charge in [0.1, 0.15) is 6.29 Å². The zero-order valence-electron chi connectivity index (χ0n) is 8.96. The van der Waals surface area contributed by atoms with E-state index < -0.39 is 0 Å². The lowest BCUT2D eigenvalue weighted by atomic mass is 9.76. The summed E-state index contributed by atoms with van der Waals surface area (Å²) in [7, 11) is 0. The third-order valence-corrected chi connectivity index (χ3v) is 3.53. The van der Waals surface area contributed by atoms with Crippen molar-refractivity contribution in [3.05, 3.63) is 0 Å². The zero-order chi connectivity index (χ0) is 9.68. The predicted octanol–water partition coefficient (Wildman–Crippen LogP) is 4.06. The normalized spacial score (nSPS) is 27.1. The van der Waals surface area contributed by atoms with Gasteiger partial charge >= 0.3 is 0 Å². The fourth-order valence-corrected chi connectivity index (χ4v) is 2.45. The number of hydrogen-bond donors (Lipinski definition) is 0. The molecule has 0 radical (unpaired) electrons. The van der Waals surface area contributed by atoms with Gasteiger partial charge in [0.15, 0.2) is 0 Å². The average Bonchev–Trinajstić information content (AvgIpc) is 2.15. The maximum Gasteiger partial charge on any atom is 0.120 e. The van der Waals surface area contributed by atoms with Crippen LogP contribution in [0.4, 0.5) is 0 Å². The number of carbonyl (C=O) groups is 1. The van der Waals surface area contributed by atoms with E-state index in [1.807, 2.05) is 0 Å². The molecule has 0 unspecified atom stereocenters. The van der Waals surface area contributed by atoms with Gasteiger partial charge in [0.2, 0.25) is 0 Å². The van der Waals surface area contributed by atoms with Crippen LogP contribution in [0, 0.1) is 17.8 Å². The van der Waals surface area contributed by atoms with Crippen molar-refractivity contribution in [1.82, 2.24) is 0 Å². The molecular formula is C13H26O. The molecule has 0 aromatic carbocycles. The molecule has 1 rings (SSSR count). The summed E-state index contributed by atoms with van der Waals surface area (Å²) in [6, 6.07) is 0. The van der Waals surface area contributed by atoms with E-state index in [1.165, 1.54) is 25.7 Å². The Hall–Kier alpha value is -0.330. The van der Waals surface area contributed by atoms with Crippen LogP contribution in [0.15, 0.2) is 0 Å². The zero-order valence-corrected chi connectivity index (χ0v) is 8.96. The molecule has 1 aliphatic carbocycles. The first-order valence-electron chi connectivity index (χ1n) is 5.67. The first-order valence-corrected chi connectivity index (χ1v) is 5.67. The van der Waals surface area contributed by atoms with Gasteiger partial charge in [0, 0.05) is 6.42 Å². The highest BCUT2D eigenvalue weighted by atomic mass is 16.1. The third-order valence-electron chi connectivity index (χ3n) is 3.53. The smallest absolute Gasteiger partial charge is 0.120 e. The van der Waals surface area contributed by atoms with Crippen LogP contribution in [-0.2, 0) is 4.79 Å². The molecule has 1 nitrogen and oxygen atoms in total. The van der Waals surface area contributed by atoms with Gasteiger partial charge in [0.05, 0.1) is 0 Å². The number of rotatable bonds is 4. The predicted molar refractivity (Wildman–Crippen MR) is 62.3 cm³/mol. The van der Waals surface area contributed by atoms with Crippen LogP contribution in [0.2, 0.25) is 0 Å². The first kappa shape index (κ1) is 13.7. The second-order valence-corrected chi connectivity index (χ2v) is 4.77. The Balaban J connectivity index is 0.00000169. The highest BCUT2D eigenvalue weighted by Gasteiger charge is 2.22. The van der Waals surface area contributed by atoms with Crippen molar-refractivity contribution in [3.8, 4) is 0 Å². The molecule has 0 heterocycles. The fourth-order valence-electron chi connectivity index (χ4n) is 2.45. The number of hydrogen-bond acceptors (Lipinski definition) is 1. The Labute approximate surface area is 89.3 Å². The second kappa shape index (κ2) is 7.03. The van der Waals surface area contributed by atoms with Crippen molar-refractivity contribution >= 4 is 6.29 Å². The van der Waals surface area contributed by atoms with Gasteiger partial charge in [-0.25, -0.2) is 0 Å². The minimum Gasteiger partial charge on any atom is -0.303 e. The van der Waals surface area contributed by atoms with Crippen LogP contribution in [0.5, 0.6) is 0 Å². The maximum absolute atomic E-state index is 10.2. The van der Waals surface area contributed by atoms with Crippen LogP contribution >= 0.6 is 0 Å².